The number of H-pyrrole nitrogens is 1. The van der Waals surface area contributed by atoms with Crippen molar-refractivity contribution in [2.75, 3.05) is 32.0 Å². The predicted octanol–water partition coefficient (Wildman–Crippen LogP) is -14.9. The van der Waals surface area contributed by atoms with Crippen LogP contribution in [0, 0.1) is 12.8 Å². The summed E-state index contributed by atoms with van der Waals surface area (Å²) in [6.07, 6.45) is -25.1. The molecule has 19 atom stereocenters. The number of carbonyl (C=O) groups is 8. The van der Waals surface area contributed by atoms with Crippen LogP contribution in [0.5, 0.6) is 0 Å². The first-order valence-electron chi connectivity index (χ1n) is 28.1. The van der Waals surface area contributed by atoms with Crippen LogP contribution in [-0.2, 0) is 85.5 Å². The molecule has 0 bridgehead atoms. The Bertz CT molecular complexity index is 3430. The number of thiazole rings is 2. The van der Waals surface area contributed by atoms with Gasteiger partial charge >= 0.3 is 37.6 Å². The average molecular weight is 1710 g/mol. The number of nitrogens with one attached hydrogen (secondary N) is 6. The second kappa shape index (κ2) is 42.1. The number of aromatic amines is 1. The van der Waals surface area contributed by atoms with Crippen LogP contribution in [0.15, 0.2) is 23.3 Å². The molecule has 0 aliphatic carbocycles. The predicted molar refractivity (Wildman–Crippen MR) is 330 cm³/mol. The molecule has 44 nitrogen and oxygen atoms in total. The van der Waals surface area contributed by atoms with E-state index in [1.54, 1.807) is 5.38 Å². The maximum atomic E-state index is 15.1. The molecule has 4 aromatic rings. The van der Waals surface area contributed by atoms with Crippen molar-refractivity contribution in [3.63, 3.8) is 0 Å². The molecule has 1 unspecified atom stereocenters. The molecule has 6 heterocycles. The summed E-state index contributed by atoms with van der Waals surface area (Å²) in [4.78, 5) is 129. The molecule has 0 spiro atoms. The molecule has 2 aliphatic heterocycles. The van der Waals surface area contributed by atoms with E-state index in [2.05, 4.69) is 56.5 Å². The second-order valence-corrected chi connectivity index (χ2v) is 24.0. The summed E-state index contributed by atoms with van der Waals surface area (Å²) in [6, 6.07) is -7.85. The van der Waals surface area contributed by atoms with Crippen LogP contribution in [0.25, 0.3) is 10.7 Å². The Kier molecular flexibility index (Phi) is 39.3. The third-order valence-corrected chi connectivity index (χ3v) is 16.1. The number of halogens is 2. The Hall–Kier alpha value is -6.59. The van der Waals surface area contributed by atoms with Gasteiger partial charge in [-0.2, -0.15) is 8.42 Å². The Morgan fingerprint density at radius 2 is 1.39 bits per heavy atom. The Labute approximate surface area is 602 Å². The number of hydrogen-bond donors (Lipinski definition) is 24. The molecule has 2 aliphatic rings. The number of nitrogens with zero attached hydrogens (tertiary/aromatic N) is 5. The van der Waals surface area contributed by atoms with E-state index >= 15 is 4.79 Å². The SMILES string of the molecule is Cc1c(N)nc([C@H](CC(N)=O)NC[C@H](N)C(N)=O)nc1C(=O)N[C@H](C(=O)N[C@H](C)[C@@H](O)[C@H](C)C(=O)N[C@@H](C(=O)NCCc1nc(-c2nc(C(N)=O)cs2)cs1)[C@@H](C)O)[C@@H](OC1O[C@@H](CO)[C@@H](O)[C@H](O)[C@@H]1O[C@H]1O[C@H](CO)[C@@H](O)[C@H](OC(N)=O)[C@@H]1O)c1cnc[nH]1.N.N.O=S(=O)(O)O.[Cl-].[Cl-].[Pt+2]. The minimum Gasteiger partial charge on any atom is -1.00 e. The first kappa shape index (κ1) is 93.4. The summed E-state index contributed by atoms with van der Waals surface area (Å²) in [6.45, 7) is 2.60. The monoisotopic (exact) mass is 1710 g/mol. The van der Waals surface area contributed by atoms with E-state index in [-0.39, 0.29) is 106 Å². The zero-order valence-electron chi connectivity index (χ0n) is 53.0. The zero-order chi connectivity index (χ0) is 71.1. The first-order valence-corrected chi connectivity index (χ1v) is 31.3. The van der Waals surface area contributed by atoms with Gasteiger partial charge in [0.2, 0.25) is 29.5 Å². The summed E-state index contributed by atoms with van der Waals surface area (Å²) in [7, 11) is -4.67. The van der Waals surface area contributed by atoms with Gasteiger partial charge in [0.05, 0.1) is 72.7 Å². The number of amides is 8. The summed E-state index contributed by atoms with van der Waals surface area (Å²) in [5.74, 6) is -9.13. The van der Waals surface area contributed by atoms with Crippen LogP contribution in [0.3, 0.4) is 0 Å². The van der Waals surface area contributed by atoms with Crippen molar-refractivity contribution >= 4 is 86.3 Å². The number of imidazole rings is 1. The molecule has 8 amide bonds. The standard InChI is InChI=1S/C50H73N17O21S2.2ClH.2H3N.H2O4S.Pt/c1-15-28(64-42(67-39(15)53)20(7-26(52)71)59-8-19(51)40(54)77)45(81)66-30(36(21-9-57-14-60-21)86-49-38(34(75)32(73)24(10-68)85-49)87-48-35(76)37(88-50(56)83)33(74)25(11-69)84-48)46(82)61-17(3)31(72)16(2)43(79)65-29(18(4)70)44(80)58-6-5-27-62-23(13-89-27)47-63-22(12-90-47)41(55)78;;;;;1-5(2,3)4;/h9,12-14,16-20,24-25,29-38,48-49,59,68-70,72-76H,5-8,10-11,51H2,1-4H3,(H2,52,71)(H2,54,77)(H2,55,78)(H2,56,83)(H,57,60)(H,58,80)(H,61,82)(H,65,79)(H,66,81)(H2,53,64,67);2*1H;2*1H3;(H2,1,2,3,4);/q;;;;;;+2/p-2/t16-,17+,18+,19-,20-,24-,25+,29+,30-,31-,32+,33+,34-,35-,36-,37-,38-,48+,49?;;;;;;/m0....../s1. The van der Waals surface area contributed by atoms with Crippen molar-refractivity contribution in [2.45, 2.75) is 150 Å². The number of anilines is 1. The minimum atomic E-state index is -4.67. The fourth-order valence-electron chi connectivity index (χ4n) is 9.15. The van der Waals surface area contributed by atoms with Crippen LogP contribution in [-0.4, -0.2) is 260 Å². The maximum absolute atomic E-state index is 15.1. The van der Waals surface area contributed by atoms with E-state index in [1.165, 1.54) is 44.4 Å². The number of ether oxygens (including phenoxy) is 5. The number of primary amides is 4. The van der Waals surface area contributed by atoms with Crippen molar-refractivity contribution < 1.29 is 166 Å². The van der Waals surface area contributed by atoms with Gasteiger partial charge in [0, 0.05) is 42.3 Å². The van der Waals surface area contributed by atoms with E-state index in [0.29, 0.717) is 15.7 Å². The molecule has 2 saturated heterocycles. The average Bonchev–Trinajstić information content (AvgIpc) is 1.36. The molecule has 4 aromatic heterocycles. The van der Waals surface area contributed by atoms with E-state index in [9.17, 15) is 74.4 Å². The first-order chi connectivity index (χ1) is 44.5. The van der Waals surface area contributed by atoms with E-state index in [1.807, 2.05) is 0 Å². The number of carbonyl (C=O) groups excluding carboxylic acids is 8. The molecule has 0 aromatic carbocycles. The van der Waals surface area contributed by atoms with Crippen LogP contribution in [0.2, 0.25) is 0 Å². The zero-order valence-corrected chi connectivity index (χ0v) is 59.3. The van der Waals surface area contributed by atoms with Gasteiger partial charge in [0.25, 0.3) is 11.8 Å². The number of aliphatic hydroxyl groups excluding tert-OH is 8. The molecule has 0 radical (unpaired) electrons. The van der Waals surface area contributed by atoms with Gasteiger partial charge in [-0.3, -0.25) is 42.7 Å². The minimum absolute atomic E-state index is 0. The number of nitrogens with two attached hydrogens (primary N) is 6. The molecule has 50 heteroatoms. The van der Waals surface area contributed by atoms with Gasteiger partial charge in [0.15, 0.2) is 18.7 Å². The number of rotatable bonds is 31. The Morgan fingerprint density at radius 3 is 1.93 bits per heavy atom. The van der Waals surface area contributed by atoms with E-state index < -0.39 is 199 Å². The van der Waals surface area contributed by atoms with Gasteiger partial charge in [-0.15, -0.1) is 22.7 Å². The maximum Gasteiger partial charge on any atom is 2.00 e. The van der Waals surface area contributed by atoms with Crippen molar-refractivity contribution in [1.29, 1.82) is 0 Å². The fraction of sp³-hybridized carbons (Fsp3) is 0.580. The third kappa shape index (κ3) is 26.0. The van der Waals surface area contributed by atoms with Crippen LogP contribution in [0.1, 0.15) is 82.4 Å². The molecular weight excluding hydrogens is 1630 g/mol. The topological polar surface area (TPSA) is 786 Å². The van der Waals surface area contributed by atoms with Gasteiger partial charge < -0.3 is 168 Å². The van der Waals surface area contributed by atoms with E-state index in [0.717, 1.165) is 23.9 Å². The Morgan fingerprint density at radius 1 is 0.780 bits per heavy atom. The van der Waals surface area contributed by atoms with Crippen molar-refractivity contribution in [3.8, 4) is 10.7 Å². The molecule has 100 heavy (non-hydrogen) atoms. The van der Waals surface area contributed by atoms with Gasteiger partial charge in [-0.1, -0.05) is 6.92 Å². The largest absolute Gasteiger partial charge is 2.00 e. The van der Waals surface area contributed by atoms with Gasteiger partial charge in [-0.25, -0.2) is 29.7 Å². The molecule has 34 N–H and O–H groups in total. The number of hydrogen-bond acceptors (Lipinski definition) is 35. The van der Waals surface area contributed by atoms with Crippen molar-refractivity contribution in [3.05, 3.63) is 56.8 Å². The number of nitrogen functional groups attached to an aromatic ring is 1. The summed E-state index contributed by atoms with van der Waals surface area (Å²) in [5, 5.41) is 105. The Balaban J connectivity index is 0.00000945. The third-order valence-electron chi connectivity index (χ3n) is 14.3. The van der Waals surface area contributed by atoms with Crippen LogP contribution < -0.4 is 98.1 Å². The molecule has 0 saturated carbocycles. The van der Waals surface area contributed by atoms with E-state index in [4.69, 9.17) is 75.6 Å². The summed E-state index contributed by atoms with van der Waals surface area (Å²) < 4.78 is 60.2. The van der Waals surface area contributed by atoms with Crippen molar-refractivity contribution in [1.82, 2.24) is 68.8 Å². The van der Waals surface area contributed by atoms with Crippen molar-refractivity contribution in [2.24, 2.45) is 34.6 Å². The molecular formula is C50H81Cl2N19O25PtS3. The number of aliphatic hydroxyl groups is 8. The summed E-state index contributed by atoms with van der Waals surface area (Å²) >= 11 is 2.40. The van der Waals surface area contributed by atoms with Crippen LogP contribution >= 0.6 is 22.7 Å². The second-order valence-electron chi connectivity index (χ2n) is 21.3. The van der Waals surface area contributed by atoms with Gasteiger partial charge in [-0.05, 0) is 20.8 Å². The molecule has 568 valence electrons. The van der Waals surface area contributed by atoms with Crippen LogP contribution in [0.4, 0.5) is 10.6 Å². The smallest absolute Gasteiger partial charge is 1.00 e. The summed E-state index contributed by atoms with van der Waals surface area (Å²) in [5.41, 5.74) is 33.1. The quantitative estimate of drug-likeness (QED) is 0.0208. The van der Waals surface area contributed by atoms with Gasteiger partial charge in [0.1, 0.15) is 94.6 Å². The molecule has 2 fully saturated rings. The molecule has 6 rings (SSSR count). The number of aromatic nitrogens is 6. The fourth-order valence-corrected chi connectivity index (χ4v) is 10.8. The normalized spacial score (nSPS) is 22.9.